The molecular formula is C26H31N7O5. The Morgan fingerprint density at radius 1 is 1.11 bits per heavy atom. The minimum absolute atomic E-state index is 0.208. The van der Waals surface area contributed by atoms with Crippen LogP contribution in [0.3, 0.4) is 0 Å². The molecule has 1 aliphatic rings. The first-order valence-electron chi connectivity index (χ1n) is 12.4. The number of hydrogen-bond donors (Lipinski definition) is 5. The fourth-order valence-electron chi connectivity index (χ4n) is 4.91. The number of carbonyl (C=O) groups is 1. The van der Waals surface area contributed by atoms with Crippen LogP contribution in [0.15, 0.2) is 55.1 Å². The number of ether oxygens (including phenoxy) is 1. The third kappa shape index (κ3) is 5.30. The van der Waals surface area contributed by atoms with Crippen molar-refractivity contribution in [3.8, 4) is 0 Å². The van der Waals surface area contributed by atoms with Crippen LogP contribution >= 0.6 is 0 Å². The Kier molecular flexibility index (Phi) is 7.49. The highest BCUT2D eigenvalue weighted by atomic mass is 16.6. The molecule has 7 N–H and O–H groups in total. The Morgan fingerprint density at radius 2 is 1.89 bits per heavy atom. The van der Waals surface area contributed by atoms with Gasteiger partial charge in [0.25, 0.3) is 0 Å². The maximum atomic E-state index is 11.2. The van der Waals surface area contributed by atoms with Gasteiger partial charge in [-0.15, -0.1) is 0 Å². The van der Waals surface area contributed by atoms with Crippen molar-refractivity contribution in [1.29, 1.82) is 0 Å². The van der Waals surface area contributed by atoms with E-state index >= 15 is 0 Å². The van der Waals surface area contributed by atoms with Gasteiger partial charge in [-0.2, -0.15) is 0 Å². The van der Waals surface area contributed by atoms with Crippen molar-refractivity contribution in [3.63, 3.8) is 0 Å². The molecule has 12 nitrogen and oxygen atoms in total. The summed E-state index contributed by atoms with van der Waals surface area (Å²) in [7, 11) is 0. The quantitative estimate of drug-likeness (QED) is 0.199. The van der Waals surface area contributed by atoms with E-state index in [1.165, 1.54) is 12.7 Å². The normalized spacial score (nSPS) is 22.4. The lowest BCUT2D eigenvalue weighted by molar-refractivity contribution is -0.138. The molecule has 0 unspecified atom stereocenters. The number of imidazole rings is 1. The van der Waals surface area contributed by atoms with E-state index in [0.717, 1.165) is 16.3 Å². The first-order chi connectivity index (χ1) is 18.3. The number of rotatable bonds is 10. The summed E-state index contributed by atoms with van der Waals surface area (Å²) in [6.07, 6.45) is -0.425. The maximum Gasteiger partial charge on any atom is 0.320 e. The maximum absolute atomic E-state index is 11.2. The number of anilines is 1. The lowest BCUT2D eigenvalue weighted by atomic mass is 10.1. The molecule has 5 rings (SSSR count). The zero-order valence-electron chi connectivity index (χ0n) is 20.7. The number of benzene rings is 2. The molecule has 1 fully saturated rings. The molecule has 0 spiro atoms. The van der Waals surface area contributed by atoms with Crippen LogP contribution < -0.4 is 11.5 Å². The van der Waals surface area contributed by atoms with Gasteiger partial charge in [0.1, 0.15) is 36.2 Å². The third-order valence-electron chi connectivity index (χ3n) is 6.96. The SMILES string of the molecule is Nc1ncnc2c1ncn2[C@@H]1O[C@H](CN(CCC[C@H](N)C(=O)O)Cc2ccc3ccccc3c2)[C@@H](O)[C@H]1O. The second-order valence-electron chi connectivity index (χ2n) is 9.63. The van der Waals surface area contributed by atoms with E-state index in [2.05, 4.69) is 32.0 Å². The Bertz CT molecular complexity index is 1430. The molecule has 200 valence electrons. The van der Waals surface area contributed by atoms with Gasteiger partial charge in [0.15, 0.2) is 17.7 Å². The molecule has 0 saturated carbocycles. The molecule has 0 radical (unpaired) electrons. The fraction of sp³-hybridized carbons (Fsp3) is 0.385. The molecule has 38 heavy (non-hydrogen) atoms. The van der Waals surface area contributed by atoms with Gasteiger partial charge < -0.3 is 31.5 Å². The largest absolute Gasteiger partial charge is 0.480 e. The molecule has 12 heteroatoms. The highest BCUT2D eigenvalue weighted by Gasteiger charge is 2.44. The van der Waals surface area contributed by atoms with Crippen molar-refractivity contribution in [1.82, 2.24) is 24.4 Å². The fourth-order valence-corrected chi connectivity index (χ4v) is 4.91. The van der Waals surface area contributed by atoms with Gasteiger partial charge in [-0.05, 0) is 41.8 Å². The van der Waals surface area contributed by atoms with Crippen molar-refractivity contribution in [3.05, 3.63) is 60.7 Å². The van der Waals surface area contributed by atoms with E-state index in [1.54, 1.807) is 4.57 Å². The van der Waals surface area contributed by atoms with E-state index in [-0.39, 0.29) is 5.82 Å². The van der Waals surface area contributed by atoms with Crippen LogP contribution in [-0.4, -0.2) is 83.2 Å². The predicted octanol–water partition coefficient (Wildman–Crippen LogP) is 0.875. The Morgan fingerprint density at radius 3 is 2.68 bits per heavy atom. The van der Waals surface area contributed by atoms with Gasteiger partial charge >= 0.3 is 5.97 Å². The molecule has 0 aliphatic carbocycles. The van der Waals surface area contributed by atoms with Gasteiger partial charge in [0.05, 0.1) is 6.33 Å². The molecule has 1 aliphatic heterocycles. The zero-order chi connectivity index (χ0) is 26.8. The van der Waals surface area contributed by atoms with E-state index < -0.39 is 36.6 Å². The summed E-state index contributed by atoms with van der Waals surface area (Å²) in [5, 5.41) is 33.2. The molecular weight excluding hydrogens is 490 g/mol. The summed E-state index contributed by atoms with van der Waals surface area (Å²) in [5.74, 6) is -0.830. The Hall–Kier alpha value is -3.68. The summed E-state index contributed by atoms with van der Waals surface area (Å²) >= 11 is 0. The van der Waals surface area contributed by atoms with E-state index in [9.17, 15) is 15.0 Å². The van der Waals surface area contributed by atoms with E-state index in [1.807, 2.05) is 30.3 Å². The summed E-state index contributed by atoms with van der Waals surface area (Å²) in [6.45, 7) is 1.37. The van der Waals surface area contributed by atoms with E-state index in [4.69, 9.17) is 21.3 Å². The summed E-state index contributed by atoms with van der Waals surface area (Å²) in [6, 6.07) is 13.3. The highest BCUT2D eigenvalue weighted by Crippen LogP contribution is 2.32. The van der Waals surface area contributed by atoms with Crippen LogP contribution in [0.25, 0.3) is 21.9 Å². The van der Waals surface area contributed by atoms with Crippen molar-refractivity contribution in [2.24, 2.45) is 5.73 Å². The molecule has 2 aromatic heterocycles. The molecule has 2 aromatic carbocycles. The van der Waals surface area contributed by atoms with Gasteiger partial charge in [0, 0.05) is 13.1 Å². The van der Waals surface area contributed by atoms with Crippen LogP contribution in [0.5, 0.6) is 0 Å². The molecule has 4 aromatic rings. The number of nitrogen functional groups attached to an aromatic ring is 1. The summed E-state index contributed by atoms with van der Waals surface area (Å²) < 4.78 is 7.69. The number of aliphatic hydroxyl groups excluding tert-OH is 2. The zero-order valence-corrected chi connectivity index (χ0v) is 20.7. The Labute approximate surface area is 218 Å². The number of aliphatic hydroxyl groups is 2. The minimum Gasteiger partial charge on any atom is -0.480 e. The van der Waals surface area contributed by atoms with Crippen molar-refractivity contribution in [2.75, 3.05) is 18.8 Å². The van der Waals surface area contributed by atoms with Gasteiger partial charge in [0.2, 0.25) is 0 Å². The third-order valence-corrected chi connectivity index (χ3v) is 6.96. The average molecular weight is 522 g/mol. The minimum atomic E-state index is -1.23. The molecule has 3 heterocycles. The van der Waals surface area contributed by atoms with Crippen molar-refractivity contribution < 1.29 is 24.9 Å². The van der Waals surface area contributed by atoms with Crippen LogP contribution in [0, 0.1) is 0 Å². The van der Waals surface area contributed by atoms with Crippen LogP contribution in [0.1, 0.15) is 24.6 Å². The molecule has 1 saturated heterocycles. The summed E-state index contributed by atoms with van der Waals surface area (Å²) in [5.41, 5.74) is 13.4. The number of aromatic nitrogens is 4. The van der Waals surface area contributed by atoms with Crippen molar-refractivity contribution >= 4 is 33.7 Å². The number of aliphatic carboxylic acids is 1. The molecule has 5 atom stereocenters. The van der Waals surface area contributed by atoms with Crippen LogP contribution in [-0.2, 0) is 16.1 Å². The van der Waals surface area contributed by atoms with Crippen LogP contribution in [0.4, 0.5) is 5.82 Å². The number of carboxylic acids is 1. The number of carboxylic acid groups (broad SMARTS) is 1. The number of hydrogen-bond acceptors (Lipinski definition) is 10. The lowest BCUT2D eigenvalue weighted by Crippen LogP contribution is -2.40. The number of fused-ring (bicyclic) bond motifs is 2. The highest BCUT2D eigenvalue weighted by molar-refractivity contribution is 5.83. The molecule has 0 bridgehead atoms. The van der Waals surface area contributed by atoms with Crippen molar-refractivity contribution in [2.45, 2.75) is 50.0 Å². The number of nitrogens with zero attached hydrogens (tertiary/aromatic N) is 5. The number of nitrogens with two attached hydrogens (primary N) is 2. The topological polar surface area (TPSA) is 186 Å². The second kappa shape index (κ2) is 11.0. The standard InChI is InChI=1S/C26H31N7O5/c27-18(26(36)37)6-3-9-32(11-15-7-8-16-4-1-2-5-17(16)10-15)12-19-21(34)22(35)25(38-19)33-14-31-20-23(28)29-13-30-24(20)33/h1-2,4-5,7-8,10,13-14,18-19,21-22,25,34-35H,3,6,9,11-12,27H2,(H,36,37)(H2,28,29,30)/t18-,19+,21+,22+,25+/m0/s1. The first kappa shape index (κ1) is 25.9. The van der Waals surface area contributed by atoms with Crippen LogP contribution in [0.2, 0.25) is 0 Å². The van der Waals surface area contributed by atoms with Gasteiger partial charge in [-0.25, -0.2) is 15.0 Å². The average Bonchev–Trinajstić information content (AvgIpc) is 3.45. The molecule has 0 amide bonds. The van der Waals surface area contributed by atoms with Gasteiger partial charge in [-0.3, -0.25) is 14.3 Å². The van der Waals surface area contributed by atoms with E-state index in [0.29, 0.717) is 43.6 Å². The smallest absolute Gasteiger partial charge is 0.320 e. The monoisotopic (exact) mass is 521 g/mol. The predicted molar refractivity (Wildman–Crippen MR) is 140 cm³/mol. The summed E-state index contributed by atoms with van der Waals surface area (Å²) in [4.78, 5) is 25.6. The first-order valence-corrected chi connectivity index (χ1v) is 12.4. The van der Waals surface area contributed by atoms with Gasteiger partial charge in [-0.1, -0.05) is 36.4 Å². The second-order valence-corrected chi connectivity index (χ2v) is 9.63. The Balaban J connectivity index is 1.34. The lowest BCUT2D eigenvalue weighted by Gasteiger charge is -2.27.